The Morgan fingerprint density at radius 2 is 0.722 bits per heavy atom. The fourth-order valence-electron chi connectivity index (χ4n) is 5.48. The molecule has 1 atom stereocenters. The first-order chi connectivity index (χ1) is 26.5. The third kappa shape index (κ3) is 18.8. The number of anilines is 3. The Hall–Kier alpha value is -3.34. The van der Waals surface area contributed by atoms with Crippen molar-refractivity contribution in [1.29, 1.82) is 0 Å². The van der Waals surface area contributed by atoms with Crippen LogP contribution in [0.2, 0.25) is 0 Å². The first-order valence-electron chi connectivity index (χ1n) is 18.8. The van der Waals surface area contributed by atoms with Gasteiger partial charge in [0.1, 0.15) is 0 Å². The molecule has 0 saturated carbocycles. The fourth-order valence-corrected chi connectivity index (χ4v) is 5.48. The molecular formula is C41H63N3O10. The third-order valence-electron chi connectivity index (χ3n) is 8.32. The van der Waals surface area contributed by atoms with Crippen LogP contribution in [0.1, 0.15) is 22.6 Å². The monoisotopic (exact) mass is 757 g/mol. The van der Waals surface area contributed by atoms with Crippen LogP contribution in [0.25, 0.3) is 0 Å². The van der Waals surface area contributed by atoms with Gasteiger partial charge in [0.15, 0.2) is 0 Å². The van der Waals surface area contributed by atoms with E-state index in [2.05, 4.69) is 70.5 Å². The summed E-state index contributed by atoms with van der Waals surface area (Å²) < 4.78 is 44.4. The molecule has 0 aliphatic carbocycles. The summed E-state index contributed by atoms with van der Waals surface area (Å²) in [7, 11) is 4.09. The van der Waals surface area contributed by atoms with E-state index in [0.717, 1.165) is 17.1 Å². The lowest BCUT2D eigenvalue weighted by Crippen LogP contribution is -2.31. The summed E-state index contributed by atoms with van der Waals surface area (Å²) in [5.74, 6) is 0.0472. The van der Waals surface area contributed by atoms with Crippen molar-refractivity contribution in [2.24, 2.45) is 0 Å². The molecule has 0 bridgehead atoms. The van der Waals surface area contributed by atoms with E-state index in [1.165, 1.54) is 16.7 Å². The molecule has 0 saturated heterocycles. The maximum Gasteiger partial charge on any atom is 0.0701 e. The summed E-state index contributed by atoms with van der Waals surface area (Å²) in [6.45, 7) is 8.78. The van der Waals surface area contributed by atoms with Crippen LogP contribution in [-0.4, -0.2) is 156 Å². The largest absolute Gasteiger partial charge is 0.399 e. The molecule has 3 aromatic carbocycles. The van der Waals surface area contributed by atoms with Gasteiger partial charge in [-0.05, 0) is 53.1 Å². The van der Waals surface area contributed by atoms with Crippen LogP contribution in [0.4, 0.5) is 17.1 Å². The molecule has 0 fully saturated rings. The highest BCUT2D eigenvalue weighted by Gasteiger charge is 2.18. The zero-order valence-electron chi connectivity index (χ0n) is 32.3. The quantitative estimate of drug-likeness (QED) is 0.0474. The van der Waals surface area contributed by atoms with E-state index >= 15 is 0 Å². The van der Waals surface area contributed by atoms with Gasteiger partial charge in [-0.1, -0.05) is 36.4 Å². The van der Waals surface area contributed by atoms with Gasteiger partial charge >= 0.3 is 0 Å². The average Bonchev–Trinajstić information content (AvgIpc) is 3.19. The molecule has 0 aliphatic rings. The summed E-state index contributed by atoms with van der Waals surface area (Å²) in [6, 6.07) is 25.6. The molecule has 4 N–H and O–H groups in total. The Balaban J connectivity index is 1.53. The van der Waals surface area contributed by atoms with Crippen LogP contribution in [0, 0.1) is 0 Å². The second kappa shape index (κ2) is 29.0. The molecule has 3 rings (SSSR count). The Kier molecular flexibility index (Phi) is 24.2. The number of rotatable bonds is 33. The van der Waals surface area contributed by atoms with Crippen molar-refractivity contribution in [1.82, 2.24) is 0 Å². The molecule has 0 radical (unpaired) electrons. The fraction of sp³-hybridized carbons (Fsp3) is 0.561. The van der Waals surface area contributed by atoms with E-state index in [-0.39, 0.29) is 19.1 Å². The Bertz CT molecular complexity index is 1290. The molecule has 0 heterocycles. The highest BCUT2D eigenvalue weighted by atomic mass is 16.6. The summed E-state index contributed by atoms with van der Waals surface area (Å²) in [5.41, 5.74) is 12.6. The van der Waals surface area contributed by atoms with Crippen LogP contribution < -0.4 is 15.5 Å². The standard InChI is InChI=1S/C41H63N3O10/c1-43(2)39-11-5-36(6-12-39)41(35-3-9-38(42)10-4-35)37-7-13-40(14-8-37)44(15-19-47-23-27-51-31-33-53-29-25-49-21-17-45)16-20-48-24-28-52-32-34-54-30-26-50-22-18-46/h3-14,41,45-46H,15-34,42H2,1-2H3. The van der Waals surface area contributed by atoms with Crippen molar-refractivity contribution in [3.8, 4) is 0 Å². The topological polar surface area (TPSA) is 147 Å². The number of ether oxygens (including phenoxy) is 8. The minimum atomic E-state index is 0.0117. The van der Waals surface area contributed by atoms with Crippen molar-refractivity contribution in [3.63, 3.8) is 0 Å². The van der Waals surface area contributed by atoms with E-state index in [1.54, 1.807) is 0 Å². The van der Waals surface area contributed by atoms with Crippen molar-refractivity contribution >= 4 is 17.1 Å². The maximum absolute atomic E-state index is 8.73. The van der Waals surface area contributed by atoms with Crippen molar-refractivity contribution < 1.29 is 48.1 Å². The van der Waals surface area contributed by atoms with Crippen LogP contribution in [0.5, 0.6) is 0 Å². The Morgan fingerprint density at radius 1 is 0.426 bits per heavy atom. The van der Waals surface area contributed by atoms with Gasteiger partial charge < -0.3 is 63.6 Å². The van der Waals surface area contributed by atoms with Gasteiger partial charge in [-0.3, -0.25) is 0 Å². The van der Waals surface area contributed by atoms with Crippen molar-refractivity contribution in [3.05, 3.63) is 89.5 Å². The van der Waals surface area contributed by atoms with Gasteiger partial charge in [-0.15, -0.1) is 0 Å². The lowest BCUT2D eigenvalue weighted by molar-refractivity contribution is -0.00591. The number of benzene rings is 3. The average molecular weight is 758 g/mol. The van der Waals surface area contributed by atoms with Gasteiger partial charge in [-0.25, -0.2) is 0 Å². The van der Waals surface area contributed by atoms with Gasteiger partial charge in [0, 0.05) is 50.2 Å². The molecule has 0 aromatic heterocycles. The zero-order chi connectivity index (χ0) is 38.5. The molecule has 1 unspecified atom stereocenters. The number of hydrogen-bond donors (Lipinski definition) is 3. The van der Waals surface area contributed by atoms with Crippen LogP contribution in [0.3, 0.4) is 0 Å². The first-order valence-corrected chi connectivity index (χ1v) is 18.8. The van der Waals surface area contributed by atoms with Gasteiger partial charge in [0.25, 0.3) is 0 Å². The predicted octanol–water partition coefficient (Wildman–Crippen LogP) is 3.44. The molecule has 54 heavy (non-hydrogen) atoms. The normalized spacial score (nSPS) is 11.9. The Labute approximate surface area is 321 Å². The third-order valence-corrected chi connectivity index (χ3v) is 8.32. The molecule has 13 heteroatoms. The van der Waals surface area contributed by atoms with E-state index in [4.69, 9.17) is 53.8 Å². The van der Waals surface area contributed by atoms with E-state index in [0.29, 0.717) is 119 Å². The number of nitrogen functional groups attached to an aromatic ring is 1. The number of aliphatic hydroxyl groups excluding tert-OH is 2. The molecule has 13 nitrogen and oxygen atoms in total. The summed E-state index contributed by atoms with van der Waals surface area (Å²) in [6.07, 6.45) is 0. The zero-order valence-corrected chi connectivity index (χ0v) is 32.3. The molecule has 3 aromatic rings. The Morgan fingerprint density at radius 3 is 1.06 bits per heavy atom. The van der Waals surface area contributed by atoms with Crippen molar-refractivity contribution in [2.75, 3.05) is 162 Å². The first kappa shape index (κ1) is 45.1. The van der Waals surface area contributed by atoms with Crippen LogP contribution in [0.15, 0.2) is 72.8 Å². The number of nitrogens with zero attached hydrogens (tertiary/aromatic N) is 2. The lowest BCUT2D eigenvalue weighted by atomic mass is 9.85. The summed E-state index contributed by atoms with van der Waals surface area (Å²) >= 11 is 0. The van der Waals surface area contributed by atoms with Gasteiger partial charge in [-0.2, -0.15) is 0 Å². The van der Waals surface area contributed by atoms with E-state index < -0.39 is 0 Å². The van der Waals surface area contributed by atoms with Crippen LogP contribution >= 0.6 is 0 Å². The lowest BCUT2D eigenvalue weighted by Gasteiger charge is -2.26. The number of aliphatic hydroxyl groups is 2. The van der Waals surface area contributed by atoms with Gasteiger partial charge in [0.05, 0.1) is 119 Å². The molecule has 0 aliphatic heterocycles. The van der Waals surface area contributed by atoms with E-state index in [1.807, 2.05) is 26.2 Å². The SMILES string of the molecule is CN(C)c1ccc(C(c2ccc(N)cc2)c2ccc(N(CCOCCOCCOCCOCCO)CCOCCOCCOCCOCCO)cc2)cc1. The number of nitrogens with two attached hydrogens (primary N) is 1. The van der Waals surface area contributed by atoms with Crippen molar-refractivity contribution in [2.45, 2.75) is 5.92 Å². The minimum absolute atomic E-state index is 0.0117. The minimum Gasteiger partial charge on any atom is -0.399 e. The summed E-state index contributed by atoms with van der Waals surface area (Å²) in [4.78, 5) is 4.38. The summed E-state index contributed by atoms with van der Waals surface area (Å²) in [5, 5.41) is 17.5. The molecule has 0 spiro atoms. The smallest absolute Gasteiger partial charge is 0.0701 e. The molecule has 302 valence electrons. The second-order valence-electron chi connectivity index (χ2n) is 12.5. The highest BCUT2D eigenvalue weighted by molar-refractivity contribution is 5.54. The van der Waals surface area contributed by atoms with Crippen LogP contribution in [-0.2, 0) is 37.9 Å². The maximum atomic E-state index is 8.73. The molecule has 0 amide bonds. The number of hydrogen-bond acceptors (Lipinski definition) is 13. The van der Waals surface area contributed by atoms with E-state index in [9.17, 15) is 0 Å². The molecular weight excluding hydrogens is 694 g/mol. The predicted molar refractivity (Wildman–Crippen MR) is 212 cm³/mol. The second-order valence-corrected chi connectivity index (χ2v) is 12.5. The van der Waals surface area contributed by atoms with Gasteiger partial charge in [0.2, 0.25) is 0 Å². The highest BCUT2D eigenvalue weighted by Crippen LogP contribution is 2.34.